The zero-order valence-electron chi connectivity index (χ0n) is 15.6. The second-order valence-electron chi connectivity index (χ2n) is 7.77. The Morgan fingerprint density at radius 3 is 2.19 bits per heavy atom. The number of benzene rings is 1. The van der Waals surface area contributed by atoms with Gasteiger partial charge in [0.15, 0.2) is 0 Å². The third kappa shape index (κ3) is 5.31. The molecule has 0 saturated heterocycles. The highest BCUT2D eigenvalue weighted by Crippen LogP contribution is 2.30. The molecule has 0 bridgehead atoms. The van der Waals surface area contributed by atoms with Gasteiger partial charge in [-0.15, -0.1) is 0 Å². The first-order chi connectivity index (χ1) is 13.0. The number of anilines is 1. The van der Waals surface area contributed by atoms with Gasteiger partial charge in [0.25, 0.3) is 5.91 Å². The van der Waals surface area contributed by atoms with Gasteiger partial charge in [0.1, 0.15) is 0 Å². The Bertz CT molecular complexity index is 680. The summed E-state index contributed by atoms with van der Waals surface area (Å²) in [6, 6.07) is 7.15. The van der Waals surface area contributed by atoms with Crippen molar-refractivity contribution < 1.29 is 19.5 Å². The number of hydrogen-bond acceptors (Lipinski definition) is 3. The van der Waals surface area contributed by atoms with Crippen molar-refractivity contribution in [3.05, 3.63) is 29.8 Å². The van der Waals surface area contributed by atoms with Gasteiger partial charge in [-0.25, -0.2) is 0 Å². The van der Waals surface area contributed by atoms with Crippen molar-refractivity contribution in [3.8, 4) is 0 Å². The summed E-state index contributed by atoms with van der Waals surface area (Å²) in [5.74, 6) is -1.73. The van der Waals surface area contributed by atoms with Crippen LogP contribution in [0.5, 0.6) is 0 Å². The van der Waals surface area contributed by atoms with Crippen molar-refractivity contribution in [2.75, 3.05) is 5.32 Å². The van der Waals surface area contributed by atoms with Crippen LogP contribution in [0.3, 0.4) is 0 Å². The van der Waals surface area contributed by atoms with Crippen LogP contribution in [0.4, 0.5) is 5.69 Å². The molecular weight excluding hydrogens is 344 g/mol. The van der Waals surface area contributed by atoms with Crippen LogP contribution in [0.1, 0.15) is 68.1 Å². The third-order valence-electron chi connectivity index (χ3n) is 5.75. The fourth-order valence-corrected chi connectivity index (χ4v) is 4.12. The van der Waals surface area contributed by atoms with Gasteiger partial charge in [-0.1, -0.05) is 25.7 Å². The van der Waals surface area contributed by atoms with E-state index in [1.165, 1.54) is 19.3 Å². The van der Waals surface area contributed by atoms with Crippen molar-refractivity contribution in [3.63, 3.8) is 0 Å². The summed E-state index contributed by atoms with van der Waals surface area (Å²) in [4.78, 5) is 35.9. The second-order valence-corrected chi connectivity index (χ2v) is 7.77. The average Bonchev–Trinajstić information content (AvgIpc) is 2.69. The topological polar surface area (TPSA) is 95.5 Å². The van der Waals surface area contributed by atoms with E-state index in [1.807, 2.05) is 0 Å². The summed E-state index contributed by atoms with van der Waals surface area (Å²) in [6.07, 6.45) is 8.17. The molecular formula is C21H28N2O4. The molecule has 2 saturated carbocycles. The van der Waals surface area contributed by atoms with Crippen molar-refractivity contribution in [1.82, 2.24) is 5.32 Å². The smallest absolute Gasteiger partial charge is 0.306 e. The van der Waals surface area contributed by atoms with E-state index in [0.717, 1.165) is 25.7 Å². The van der Waals surface area contributed by atoms with E-state index in [9.17, 15) is 14.4 Å². The lowest BCUT2D eigenvalue weighted by atomic mass is 9.81. The number of carboxylic acid groups (broad SMARTS) is 1. The van der Waals surface area contributed by atoms with E-state index in [1.54, 1.807) is 24.3 Å². The quantitative estimate of drug-likeness (QED) is 0.736. The lowest BCUT2D eigenvalue weighted by Crippen LogP contribution is -2.36. The molecule has 0 radical (unpaired) electrons. The minimum absolute atomic E-state index is 0.0728. The van der Waals surface area contributed by atoms with Crippen molar-refractivity contribution in [1.29, 1.82) is 0 Å². The van der Waals surface area contributed by atoms with Gasteiger partial charge >= 0.3 is 5.97 Å². The van der Waals surface area contributed by atoms with E-state index in [-0.39, 0.29) is 23.8 Å². The minimum atomic E-state index is -0.819. The summed E-state index contributed by atoms with van der Waals surface area (Å²) in [7, 11) is 0. The Labute approximate surface area is 159 Å². The van der Waals surface area contributed by atoms with Gasteiger partial charge in [0.05, 0.1) is 5.92 Å². The molecule has 27 heavy (non-hydrogen) atoms. The SMILES string of the molecule is O=C(NC1CCCCC1)c1ccc(NC(=O)C2CCCC(C(=O)O)C2)cc1. The molecule has 6 nitrogen and oxygen atoms in total. The van der Waals surface area contributed by atoms with Gasteiger partial charge in [-0.2, -0.15) is 0 Å². The average molecular weight is 372 g/mol. The Morgan fingerprint density at radius 2 is 1.52 bits per heavy atom. The number of nitrogens with one attached hydrogen (secondary N) is 2. The van der Waals surface area contributed by atoms with Crippen molar-refractivity contribution in [2.24, 2.45) is 11.8 Å². The molecule has 2 atom stereocenters. The van der Waals surface area contributed by atoms with Gasteiger partial charge in [-0.3, -0.25) is 14.4 Å². The number of carbonyl (C=O) groups is 3. The zero-order valence-corrected chi connectivity index (χ0v) is 15.6. The monoisotopic (exact) mass is 372 g/mol. The summed E-state index contributed by atoms with van der Waals surface area (Å²) >= 11 is 0. The fraction of sp³-hybridized carbons (Fsp3) is 0.571. The van der Waals surface area contributed by atoms with E-state index in [0.29, 0.717) is 24.1 Å². The highest BCUT2D eigenvalue weighted by molar-refractivity contribution is 5.96. The first-order valence-electron chi connectivity index (χ1n) is 9.97. The predicted molar refractivity (Wildman–Crippen MR) is 102 cm³/mol. The number of carboxylic acids is 1. The van der Waals surface area contributed by atoms with Crippen LogP contribution in [-0.4, -0.2) is 28.9 Å². The van der Waals surface area contributed by atoms with Crippen LogP contribution >= 0.6 is 0 Å². The fourth-order valence-electron chi connectivity index (χ4n) is 4.12. The molecule has 0 aromatic heterocycles. The van der Waals surface area contributed by atoms with Crippen LogP contribution < -0.4 is 10.6 Å². The minimum Gasteiger partial charge on any atom is -0.481 e. The number of amides is 2. The first-order valence-corrected chi connectivity index (χ1v) is 9.97. The molecule has 1 aromatic rings. The van der Waals surface area contributed by atoms with Crippen LogP contribution in [0.15, 0.2) is 24.3 Å². The number of rotatable bonds is 5. The number of aliphatic carboxylic acids is 1. The standard InChI is InChI=1S/C21H28N2O4/c24-19(22-17-7-2-1-3-8-17)14-9-11-18(12-10-14)23-20(25)15-5-4-6-16(13-15)21(26)27/h9-12,15-17H,1-8,13H2,(H,22,24)(H,23,25)(H,26,27). The first kappa shape index (κ1) is 19.4. The Morgan fingerprint density at radius 1 is 0.852 bits per heavy atom. The van der Waals surface area contributed by atoms with Crippen LogP contribution in [0.25, 0.3) is 0 Å². The molecule has 0 heterocycles. The number of hydrogen-bond donors (Lipinski definition) is 3. The molecule has 2 aliphatic rings. The lowest BCUT2D eigenvalue weighted by Gasteiger charge is -2.25. The van der Waals surface area contributed by atoms with Crippen LogP contribution in [-0.2, 0) is 9.59 Å². The molecule has 3 N–H and O–H groups in total. The highest BCUT2D eigenvalue weighted by atomic mass is 16.4. The largest absolute Gasteiger partial charge is 0.481 e. The van der Waals surface area contributed by atoms with Crippen molar-refractivity contribution in [2.45, 2.75) is 63.8 Å². The van der Waals surface area contributed by atoms with Gasteiger partial charge in [-0.05, 0) is 56.4 Å². The molecule has 2 fully saturated rings. The maximum atomic E-state index is 12.4. The van der Waals surface area contributed by atoms with Crippen LogP contribution in [0.2, 0.25) is 0 Å². The number of carbonyl (C=O) groups excluding carboxylic acids is 2. The van der Waals surface area contributed by atoms with E-state index < -0.39 is 11.9 Å². The van der Waals surface area contributed by atoms with Gasteiger partial charge in [0.2, 0.25) is 5.91 Å². The maximum absolute atomic E-state index is 12.4. The molecule has 2 aliphatic carbocycles. The van der Waals surface area contributed by atoms with E-state index >= 15 is 0 Å². The normalized spacial score (nSPS) is 23.4. The molecule has 3 rings (SSSR count). The van der Waals surface area contributed by atoms with Crippen LogP contribution in [0, 0.1) is 11.8 Å². The maximum Gasteiger partial charge on any atom is 0.306 e. The molecule has 6 heteroatoms. The Balaban J connectivity index is 1.53. The lowest BCUT2D eigenvalue weighted by molar-refractivity contribution is -0.143. The Hall–Kier alpha value is -2.37. The molecule has 0 spiro atoms. The van der Waals surface area contributed by atoms with E-state index in [4.69, 9.17) is 5.11 Å². The van der Waals surface area contributed by atoms with E-state index in [2.05, 4.69) is 10.6 Å². The third-order valence-corrected chi connectivity index (χ3v) is 5.75. The van der Waals surface area contributed by atoms with Crippen molar-refractivity contribution >= 4 is 23.5 Å². The Kier molecular flexibility index (Phi) is 6.48. The molecule has 146 valence electrons. The highest BCUT2D eigenvalue weighted by Gasteiger charge is 2.31. The van der Waals surface area contributed by atoms with Gasteiger partial charge < -0.3 is 15.7 Å². The molecule has 2 amide bonds. The summed E-state index contributed by atoms with van der Waals surface area (Å²) in [5.41, 5.74) is 1.22. The molecule has 0 aliphatic heterocycles. The summed E-state index contributed by atoms with van der Waals surface area (Å²) < 4.78 is 0. The zero-order chi connectivity index (χ0) is 19.2. The van der Waals surface area contributed by atoms with Gasteiger partial charge in [0, 0.05) is 23.2 Å². The predicted octanol–water partition coefficient (Wildman–Crippen LogP) is 3.58. The summed E-state index contributed by atoms with van der Waals surface area (Å²) in [6.45, 7) is 0. The molecule has 1 aromatic carbocycles. The molecule has 2 unspecified atom stereocenters. The summed E-state index contributed by atoms with van der Waals surface area (Å²) in [5, 5.41) is 15.1. The second kappa shape index (κ2) is 9.02.